The minimum absolute atomic E-state index is 0.0568. The number of aromatic nitrogens is 3. The van der Waals surface area contributed by atoms with E-state index in [1.54, 1.807) is 0 Å². The van der Waals surface area contributed by atoms with Gasteiger partial charge >= 0.3 is 6.01 Å². The molecule has 1 heterocycles. The molecule has 7 heteroatoms. The van der Waals surface area contributed by atoms with Crippen LogP contribution in [0.4, 0.5) is 11.9 Å². The zero-order chi connectivity index (χ0) is 14.1. The lowest BCUT2D eigenvalue weighted by Gasteiger charge is -2.20. The predicted octanol–water partition coefficient (Wildman–Crippen LogP) is 0.911. The Hall–Kier alpha value is -1.63. The third-order valence-corrected chi connectivity index (χ3v) is 2.44. The average molecular weight is 269 g/mol. The molecule has 0 fully saturated rings. The largest absolute Gasteiger partial charge is 0.464 e. The molecule has 0 bridgehead atoms. The van der Waals surface area contributed by atoms with Crippen molar-refractivity contribution in [3.8, 4) is 6.01 Å². The molecular weight excluding hydrogens is 246 g/mol. The number of ether oxygens (including phenoxy) is 1. The van der Waals surface area contributed by atoms with E-state index in [2.05, 4.69) is 27.2 Å². The first-order valence-electron chi connectivity index (χ1n) is 6.73. The zero-order valence-corrected chi connectivity index (χ0v) is 11.9. The van der Waals surface area contributed by atoms with Crippen LogP contribution in [0.1, 0.15) is 27.2 Å². The molecule has 0 radical (unpaired) electrons. The zero-order valence-electron chi connectivity index (χ0n) is 11.9. The molecule has 0 saturated carbocycles. The number of aliphatic hydroxyl groups excluding tert-OH is 1. The Balaban J connectivity index is 2.96. The van der Waals surface area contributed by atoms with E-state index in [1.165, 1.54) is 0 Å². The maximum absolute atomic E-state index is 9.05. The van der Waals surface area contributed by atoms with Gasteiger partial charge in [-0.1, -0.05) is 6.92 Å². The van der Waals surface area contributed by atoms with Gasteiger partial charge in [0.15, 0.2) is 0 Å². The van der Waals surface area contributed by atoms with Crippen molar-refractivity contribution in [3.63, 3.8) is 0 Å². The molecule has 7 nitrogen and oxygen atoms in total. The normalized spacial score (nSPS) is 10.3. The summed E-state index contributed by atoms with van der Waals surface area (Å²) in [5, 5.41) is 12.2. The van der Waals surface area contributed by atoms with Crippen molar-refractivity contribution < 1.29 is 9.84 Å². The number of anilines is 2. The molecule has 0 unspecified atom stereocenters. The van der Waals surface area contributed by atoms with E-state index >= 15 is 0 Å². The van der Waals surface area contributed by atoms with Gasteiger partial charge in [0.05, 0.1) is 13.2 Å². The second-order valence-corrected chi connectivity index (χ2v) is 3.90. The van der Waals surface area contributed by atoms with E-state index < -0.39 is 0 Å². The Morgan fingerprint density at radius 2 is 2.00 bits per heavy atom. The van der Waals surface area contributed by atoms with Crippen LogP contribution in [-0.2, 0) is 0 Å². The molecule has 1 aromatic rings. The Morgan fingerprint density at radius 3 is 2.58 bits per heavy atom. The fourth-order valence-electron chi connectivity index (χ4n) is 1.52. The van der Waals surface area contributed by atoms with Crippen molar-refractivity contribution in [1.82, 2.24) is 15.0 Å². The summed E-state index contributed by atoms with van der Waals surface area (Å²) in [6, 6.07) is 0.308. The summed E-state index contributed by atoms with van der Waals surface area (Å²) in [6.45, 7) is 8.49. The minimum Gasteiger partial charge on any atom is -0.464 e. The fraction of sp³-hybridized carbons (Fsp3) is 0.750. The summed E-state index contributed by atoms with van der Waals surface area (Å²) in [5.41, 5.74) is 0. The van der Waals surface area contributed by atoms with Crippen molar-refractivity contribution in [3.05, 3.63) is 0 Å². The van der Waals surface area contributed by atoms with Crippen molar-refractivity contribution in [1.29, 1.82) is 0 Å². The number of rotatable bonds is 9. The Kier molecular flexibility index (Phi) is 6.88. The summed E-state index contributed by atoms with van der Waals surface area (Å²) in [7, 11) is 0. The fourth-order valence-corrected chi connectivity index (χ4v) is 1.52. The van der Waals surface area contributed by atoms with Crippen LogP contribution in [0, 0.1) is 0 Å². The molecule has 0 aromatic carbocycles. The second kappa shape index (κ2) is 8.47. The van der Waals surface area contributed by atoms with Crippen molar-refractivity contribution in [2.24, 2.45) is 0 Å². The molecule has 0 aliphatic rings. The first-order valence-corrected chi connectivity index (χ1v) is 6.73. The SMILES string of the molecule is CCCNc1nc(OCC)nc(N(CC)CCO)n1. The van der Waals surface area contributed by atoms with E-state index in [9.17, 15) is 0 Å². The van der Waals surface area contributed by atoms with Crippen LogP contribution in [0.15, 0.2) is 0 Å². The molecule has 0 aliphatic carbocycles. The lowest BCUT2D eigenvalue weighted by molar-refractivity contribution is 0.299. The summed E-state index contributed by atoms with van der Waals surface area (Å²) in [4.78, 5) is 14.7. The molecule has 108 valence electrons. The average Bonchev–Trinajstić information content (AvgIpc) is 2.42. The summed E-state index contributed by atoms with van der Waals surface area (Å²) >= 11 is 0. The lowest BCUT2D eigenvalue weighted by Crippen LogP contribution is -2.28. The molecule has 0 spiro atoms. The minimum atomic E-state index is 0.0568. The van der Waals surface area contributed by atoms with Crippen LogP contribution in [0.25, 0.3) is 0 Å². The topological polar surface area (TPSA) is 83.4 Å². The quantitative estimate of drug-likeness (QED) is 0.689. The molecule has 0 amide bonds. The number of likely N-dealkylation sites (N-methyl/N-ethyl adjacent to an activating group) is 1. The third-order valence-electron chi connectivity index (χ3n) is 2.44. The number of hydrogen-bond donors (Lipinski definition) is 2. The molecule has 2 N–H and O–H groups in total. The van der Waals surface area contributed by atoms with Crippen molar-refractivity contribution in [2.75, 3.05) is 43.1 Å². The van der Waals surface area contributed by atoms with Crippen LogP contribution in [0.2, 0.25) is 0 Å². The Morgan fingerprint density at radius 1 is 1.21 bits per heavy atom. The molecule has 0 atom stereocenters. The van der Waals surface area contributed by atoms with Crippen molar-refractivity contribution in [2.45, 2.75) is 27.2 Å². The second-order valence-electron chi connectivity index (χ2n) is 3.90. The highest BCUT2D eigenvalue weighted by molar-refractivity contribution is 5.38. The van der Waals surface area contributed by atoms with E-state index in [0.717, 1.165) is 13.0 Å². The van der Waals surface area contributed by atoms with Gasteiger partial charge in [0.1, 0.15) is 0 Å². The van der Waals surface area contributed by atoms with Gasteiger partial charge in [-0.3, -0.25) is 0 Å². The monoisotopic (exact) mass is 269 g/mol. The Bertz CT molecular complexity index is 375. The number of nitrogens with zero attached hydrogens (tertiary/aromatic N) is 4. The Labute approximate surface area is 114 Å². The van der Waals surface area contributed by atoms with Gasteiger partial charge in [-0.2, -0.15) is 15.0 Å². The standard InChI is InChI=1S/C12H23N5O2/c1-4-7-13-10-14-11(17(5-2)8-9-18)16-12(15-10)19-6-3/h18H,4-9H2,1-3H3,(H,13,14,15,16). The van der Waals surface area contributed by atoms with Crippen LogP contribution in [-0.4, -0.2) is 52.9 Å². The highest BCUT2D eigenvalue weighted by Gasteiger charge is 2.12. The number of nitrogens with one attached hydrogen (secondary N) is 1. The molecular formula is C12H23N5O2. The number of aliphatic hydroxyl groups is 1. The van der Waals surface area contributed by atoms with E-state index in [-0.39, 0.29) is 6.61 Å². The van der Waals surface area contributed by atoms with Crippen LogP contribution < -0.4 is 15.0 Å². The molecule has 1 rings (SSSR count). The first-order chi connectivity index (χ1) is 9.24. The summed E-state index contributed by atoms with van der Waals surface area (Å²) < 4.78 is 5.35. The lowest BCUT2D eigenvalue weighted by atomic mass is 10.5. The highest BCUT2D eigenvalue weighted by atomic mass is 16.5. The van der Waals surface area contributed by atoms with E-state index in [1.807, 2.05) is 18.7 Å². The molecule has 19 heavy (non-hydrogen) atoms. The smallest absolute Gasteiger partial charge is 0.323 e. The third kappa shape index (κ3) is 4.86. The van der Waals surface area contributed by atoms with Gasteiger partial charge in [-0.05, 0) is 20.3 Å². The highest BCUT2D eigenvalue weighted by Crippen LogP contribution is 2.14. The van der Waals surface area contributed by atoms with Crippen LogP contribution >= 0.6 is 0 Å². The van der Waals surface area contributed by atoms with Gasteiger partial charge in [0.2, 0.25) is 11.9 Å². The van der Waals surface area contributed by atoms with E-state index in [0.29, 0.717) is 37.6 Å². The molecule has 0 saturated heterocycles. The van der Waals surface area contributed by atoms with Gasteiger partial charge in [0.25, 0.3) is 0 Å². The number of hydrogen-bond acceptors (Lipinski definition) is 7. The summed E-state index contributed by atoms with van der Waals surface area (Å²) in [6.07, 6.45) is 0.985. The van der Waals surface area contributed by atoms with Gasteiger partial charge < -0.3 is 20.1 Å². The van der Waals surface area contributed by atoms with E-state index in [4.69, 9.17) is 9.84 Å². The van der Waals surface area contributed by atoms with Gasteiger partial charge in [-0.25, -0.2) is 0 Å². The summed E-state index contributed by atoms with van der Waals surface area (Å²) in [5.74, 6) is 1.03. The van der Waals surface area contributed by atoms with Gasteiger partial charge in [0, 0.05) is 19.6 Å². The molecule has 0 aliphatic heterocycles. The van der Waals surface area contributed by atoms with Crippen LogP contribution in [0.3, 0.4) is 0 Å². The maximum Gasteiger partial charge on any atom is 0.323 e. The van der Waals surface area contributed by atoms with Gasteiger partial charge in [-0.15, -0.1) is 0 Å². The maximum atomic E-state index is 9.05. The molecule has 1 aromatic heterocycles. The van der Waals surface area contributed by atoms with Crippen molar-refractivity contribution >= 4 is 11.9 Å². The van der Waals surface area contributed by atoms with Crippen LogP contribution in [0.5, 0.6) is 6.01 Å². The predicted molar refractivity (Wildman–Crippen MR) is 74.7 cm³/mol. The first kappa shape index (κ1) is 15.4.